The lowest BCUT2D eigenvalue weighted by molar-refractivity contribution is -0.892. The highest BCUT2D eigenvalue weighted by molar-refractivity contribution is 5.77. The van der Waals surface area contributed by atoms with Gasteiger partial charge in [-0.1, -0.05) is 0 Å². The second-order valence-electron chi connectivity index (χ2n) is 6.97. The summed E-state index contributed by atoms with van der Waals surface area (Å²) in [5.74, 6) is 0.0222. The minimum Gasteiger partial charge on any atom is -0.355 e. The predicted octanol–water partition coefficient (Wildman–Crippen LogP) is 1.19. The molecule has 7 nitrogen and oxygen atoms in total. The van der Waals surface area contributed by atoms with Gasteiger partial charge in [0, 0.05) is 19.2 Å². The lowest BCUT2D eigenvalue weighted by atomic mass is 10.1. The van der Waals surface area contributed by atoms with Gasteiger partial charge < -0.3 is 14.7 Å². The van der Waals surface area contributed by atoms with Gasteiger partial charge in [0.25, 0.3) is 11.6 Å². The lowest BCUT2D eigenvalue weighted by Gasteiger charge is -2.34. The van der Waals surface area contributed by atoms with E-state index < -0.39 is 22.4 Å². The molecule has 10 heteroatoms. The summed E-state index contributed by atoms with van der Waals surface area (Å²) in [5, 5.41) is 11.2. The zero-order valence-electron chi connectivity index (χ0n) is 15.5. The molecule has 0 spiro atoms. The standard InChI is InChI=1S/C17H23F3N4O3/c1-12(2)21(3)16(25)11-22-6-8-23(9-7-22)14-5-4-13(17(18,19)20)10-15(14)24(26)27/h4-5,10,12H,6-9,11H2,1-3H3/p+1. The van der Waals surface area contributed by atoms with Gasteiger partial charge in [0.1, 0.15) is 5.69 Å². The molecule has 27 heavy (non-hydrogen) atoms. The number of alkyl halides is 3. The third kappa shape index (κ3) is 5.09. The van der Waals surface area contributed by atoms with E-state index in [9.17, 15) is 28.1 Å². The Morgan fingerprint density at radius 2 is 1.93 bits per heavy atom. The fraction of sp³-hybridized carbons (Fsp3) is 0.588. The molecular formula is C17H24F3N4O3+. The summed E-state index contributed by atoms with van der Waals surface area (Å²) in [6.45, 7) is 6.20. The van der Waals surface area contributed by atoms with Crippen LogP contribution in [0.15, 0.2) is 18.2 Å². The van der Waals surface area contributed by atoms with Crippen LogP contribution >= 0.6 is 0 Å². The number of carbonyl (C=O) groups is 1. The maximum Gasteiger partial charge on any atom is 0.416 e. The number of carbonyl (C=O) groups excluding carboxylic acids is 1. The first-order chi connectivity index (χ1) is 12.5. The number of halogens is 3. The number of rotatable bonds is 5. The first-order valence-electron chi connectivity index (χ1n) is 8.70. The molecule has 1 amide bonds. The molecule has 1 aromatic carbocycles. The van der Waals surface area contributed by atoms with Crippen LogP contribution in [0.4, 0.5) is 24.5 Å². The van der Waals surface area contributed by atoms with Crippen LogP contribution in [0.3, 0.4) is 0 Å². The summed E-state index contributed by atoms with van der Waals surface area (Å²) in [6.07, 6.45) is -4.63. The molecule has 1 aliphatic heterocycles. The van der Waals surface area contributed by atoms with E-state index in [1.54, 1.807) is 16.8 Å². The van der Waals surface area contributed by atoms with E-state index >= 15 is 0 Å². The molecule has 1 aromatic rings. The van der Waals surface area contributed by atoms with Crippen molar-refractivity contribution in [3.63, 3.8) is 0 Å². The zero-order valence-corrected chi connectivity index (χ0v) is 15.5. The first-order valence-corrected chi connectivity index (χ1v) is 8.70. The van der Waals surface area contributed by atoms with E-state index in [4.69, 9.17) is 0 Å². The number of nitro groups is 1. The number of hydrogen-bond donors (Lipinski definition) is 1. The average Bonchev–Trinajstić information content (AvgIpc) is 2.60. The predicted molar refractivity (Wildman–Crippen MR) is 93.8 cm³/mol. The van der Waals surface area contributed by atoms with Crippen molar-refractivity contribution in [1.82, 2.24) is 4.90 Å². The van der Waals surface area contributed by atoms with Crippen molar-refractivity contribution in [2.24, 2.45) is 0 Å². The van der Waals surface area contributed by atoms with Crippen molar-refractivity contribution in [2.45, 2.75) is 26.1 Å². The molecule has 1 aliphatic rings. The number of nitro benzene ring substituents is 1. The second-order valence-corrected chi connectivity index (χ2v) is 6.97. The van der Waals surface area contributed by atoms with Crippen LogP contribution in [0, 0.1) is 10.1 Å². The normalized spacial score (nSPS) is 15.9. The van der Waals surface area contributed by atoms with Crippen LogP contribution < -0.4 is 9.80 Å². The second kappa shape index (κ2) is 8.12. The fourth-order valence-electron chi connectivity index (χ4n) is 2.98. The molecule has 0 bridgehead atoms. The van der Waals surface area contributed by atoms with Gasteiger partial charge in [-0.25, -0.2) is 0 Å². The molecule has 0 unspecified atom stereocenters. The maximum atomic E-state index is 12.8. The number of nitrogens with one attached hydrogen (secondary N) is 1. The lowest BCUT2D eigenvalue weighted by Crippen LogP contribution is -3.15. The molecule has 1 N–H and O–H groups in total. The van der Waals surface area contributed by atoms with Gasteiger partial charge >= 0.3 is 6.18 Å². The molecule has 2 rings (SSSR count). The van der Waals surface area contributed by atoms with Crippen molar-refractivity contribution in [3.05, 3.63) is 33.9 Å². The highest BCUT2D eigenvalue weighted by Gasteiger charge is 2.34. The number of quaternary nitrogens is 1. The Balaban J connectivity index is 2.07. The van der Waals surface area contributed by atoms with Gasteiger partial charge in [0.2, 0.25) is 0 Å². The summed E-state index contributed by atoms with van der Waals surface area (Å²) in [4.78, 5) is 27.1. The number of amides is 1. The van der Waals surface area contributed by atoms with Crippen molar-refractivity contribution in [3.8, 4) is 0 Å². The Kier molecular flexibility index (Phi) is 6.30. The smallest absolute Gasteiger partial charge is 0.355 e. The molecule has 0 aromatic heterocycles. The van der Waals surface area contributed by atoms with Gasteiger partial charge in [-0.3, -0.25) is 14.9 Å². The number of nitrogens with zero attached hydrogens (tertiary/aromatic N) is 3. The molecule has 0 saturated carbocycles. The molecule has 0 radical (unpaired) electrons. The quantitative estimate of drug-likeness (QED) is 0.607. The SMILES string of the molecule is CC(C)N(C)C(=O)C[NH+]1CCN(c2ccc(C(F)(F)F)cc2[N+](=O)[O-])CC1. The summed E-state index contributed by atoms with van der Waals surface area (Å²) in [6, 6.07) is 2.70. The fourth-order valence-corrected chi connectivity index (χ4v) is 2.98. The van der Waals surface area contributed by atoms with E-state index in [1.807, 2.05) is 13.8 Å². The van der Waals surface area contributed by atoms with Gasteiger partial charge in [-0.2, -0.15) is 13.2 Å². The Labute approximate surface area is 155 Å². The Hall–Kier alpha value is -2.36. The largest absolute Gasteiger partial charge is 0.416 e. The van der Waals surface area contributed by atoms with Crippen LogP contribution in [0.2, 0.25) is 0 Å². The van der Waals surface area contributed by atoms with Crippen molar-refractivity contribution >= 4 is 17.3 Å². The van der Waals surface area contributed by atoms with Gasteiger partial charge in [0.05, 0.1) is 36.7 Å². The van der Waals surface area contributed by atoms with E-state index in [2.05, 4.69) is 0 Å². The Bertz CT molecular complexity index is 701. The number of hydrogen-bond acceptors (Lipinski definition) is 4. The van der Waals surface area contributed by atoms with Crippen molar-refractivity contribution in [1.29, 1.82) is 0 Å². The van der Waals surface area contributed by atoms with E-state index in [1.165, 1.54) is 0 Å². The maximum absolute atomic E-state index is 12.8. The highest BCUT2D eigenvalue weighted by Crippen LogP contribution is 2.36. The minimum absolute atomic E-state index is 0.0222. The zero-order chi connectivity index (χ0) is 20.4. The molecule has 1 saturated heterocycles. The van der Waals surface area contributed by atoms with Crippen LogP contribution in [-0.4, -0.2) is 61.5 Å². The van der Waals surface area contributed by atoms with E-state index in [0.717, 1.165) is 17.0 Å². The summed E-state index contributed by atoms with van der Waals surface area (Å²) in [7, 11) is 1.74. The summed E-state index contributed by atoms with van der Waals surface area (Å²) < 4.78 is 38.5. The van der Waals surface area contributed by atoms with Crippen molar-refractivity contribution < 1.29 is 27.8 Å². The Morgan fingerprint density at radius 3 is 2.41 bits per heavy atom. The number of piperazine rings is 1. The van der Waals surface area contributed by atoms with Crippen LogP contribution in [0.25, 0.3) is 0 Å². The van der Waals surface area contributed by atoms with E-state index in [-0.39, 0.29) is 17.6 Å². The van der Waals surface area contributed by atoms with Gasteiger partial charge in [-0.05, 0) is 26.0 Å². The Morgan fingerprint density at radius 1 is 1.33 bits per heavy atom. The van der Waals surface area contributed by atoms with Crippen LogP contribution in [0.1, 0.15) is 19.4 Å². The topological polar surface area (TPSA) is 71.1 Å². The number of likely N-dealkylation sites (N-methyl/N-ethyl adjacent to an activating group) is 1. The average molecular weight is 389 g/mol. The van der Waals surface area contributed by atoms with Gasteiger partial charge in [-0.15, -0.1) is 0 Å². The van der Waals surface area contributed by atoms with Crippen LogP contribution in [-0.2, 0) is 11.0 Å². The molecule has 1 fully saturated rings. The van der Waals surface area contributed by atoms with Crippen molar-refractivity contribution in [2.75, 3.05) is 44.7 Å². The number of anilines is 1. The highest BCUT2D eigenvalue weighted by atomic mass is 19.4. The minimum atomic E-state index is -4.63. The molecule has 1 heterocycles. The molecule has 150 valence electrons. The summed E-state index contributed by atoms with van der Waals surface area (Å²) in [5.41, 5.74) is -1.41. The van der Waals surface area contributed by atoms with Gasteiger partial charge in [0.15, 0.2) is 6.54 Å². The third-order valence-electron chi connectivity index (χ3n) is 4.88. The summed E-state index contributed by atoms with van der Waals surface area (Å²) >= 11 is 0. The molecular weight excluding hydrogens is 365 g/mol. The third-order valence-corrected chi connectivity index (χ3v) is 4.88. The van der Waals surface area contributed by atoms with Crippen LogP contribution in [0.5, 0.6) is 0 Å². The number of benzene rings is 1. The monoisotopic (exact) mass is 389 g/mol. The molecule has 0 atom stereocenters. The first kappa shape index (κ1) is 20.9. The van der Waals surface area contributed by atoms with E-state index in [0.29, 0.717) is 38.8 Å². The molecule has 0 aliphatic carbocycles.